The van der Waals surface area contributed by atoms with Crippen LogP contribution in [0.25, 0.3) is 10.2 Å². The van der Waals surface area contributed by atoms with Gasteiger partial charge in [0.05, 0.1) is 21.7 Å². The highest BCUT2D eigenvalue weighted by Gasteiger charge is 2.29. The number of esters is 1. The molecule has 0 atom stereocenters. The van der Waals surface area contributed by atoms with Crippen LogP contribution in [0.3, 0.4) is 0 Å². The van der Waals surface area contributed by atoms with Crippen LogP contribution in [-0.4, -0.2) is 48.9 Å². The predicted octanol–water partition coefficient (Wildman–Crippen LogP) is 4.10. The number of hydrogen-bond acceptors (Lipinski definition) is 6. The summed E-state index contributed by atoms with van der Waals surface area (Å²) in [7, 11) is -2.09. The maximum Gasteiger partial charge on any atom is 0.326 e. The Labute approximate surface area is 213 Å². The van der Waals surface area contributed by atoms with E-state index in [9.17, 15) is 22.4 Å². The molecule has 1 saturated carbocycles. The van der Waals surface area contributed by atoms with Gasteiger partial charge in [0.15, 0.2) is 4.80 Å². The van der Waals surface area contributed by atoms with E-state index < -0.39 is 27.7 Å². The molecule has 1 amide bonds. The number of rotatable bonds is 7. The van der Waals surface area contributed by atoms with Crippen molar-refractivity contribution >= 4 is 43.5 Å². The summed E-state index contributed by atoms with van der Waals surface area (Å²) in [6.07, 6.45) is 4.82. The maximum absolute atomic E-state index is 14.6. The van der Waals surface area contributed by atoms with Gasteiger partial charge >= 0.3 is 5.97 Å². The largest absolute Gasteiger partial charge is 0.465 e. The number of halogens is 1. The van der Waals surface area contributed by atoms with Crippen molar-refractivity contribution in [3.8, 4) is 0 Å². The van der Waals surface area contributed by atoms with Crippen molar-refractivity contribution in [2.45, 2.75) is 56.5 Å². The first-order valence-corrected chi connectivity index (χ1v) is 14.1. The fraction of sp³-hybridized carbons (Fsp3) is 0.400. The van der Waals surface area contributed by atoms with Gasteiger partial charge in [-0.15, -0.1) is 0 Å². The molecule has 1 fully saturated rings. The highest BCUT2D eigenvalue weighted by Crippen LogP contribution is 2.27. The van der Waals surface area contributed by atoms with Gasteiger partial charge in [-0.05, 0) is 56.2 Å². The van der Waals surface area contributed by atoms with Crippen molar-refractivity contribution < 1.29 is 27.1 Å². The molecule has 0 spiro atoms. The Morgan fingerprint density at radius 1 is 1.14 bits per heavy atom. The summed E-state index contributed by atoms with van der Waals surface area (Å²) in [6.45, 7) is 1.53. The predicted molar refractivity (Wildman–Crippen MR) is 135 cm³/mol. The Morgan fingerprint density at radius 2 is 1.83 bits per heavy atom. The molecular formula is C25H28FN3O5S2. The van der Waals surface area contributed by atoms with Crippen LogP contribution < -0.4 is 4.80 Å². The fourth-order valence-corrected chi connectivity index (χ4v) is 6.84. The average Bonchev–Trinajstić information content (AvgIpc) is 3.22. The van der Waals surface area contributed by atoms with Gasteiger partial charge in [0.1, 0.15) is 12.4 Å². The van der Waals surface area contributed by atoms with Crippen LogP contribution >= 0.6 is 11.3 Å². The Hall–Kier alpha value is -2.89. The molecule has 1 aliphatic rings. The molecule has 0 bridgehead atoms. The van der Waals surface area contributed by atoms with Gasteiger partial charge in [-0.3, -0.25) is 9.59 Å². The molecule has 8 nitrogen and oxygen atoms in total. The summed E-state index contributed by atoms with van der Waals surface area (Å²) in [4.78, 5) is 29.4. The van der Waals surface area contributed by atoms with E-state index in [2.05, 4.69) is 4.99 Å². The first-order chi connectivity index (χ1) is 17.2. The van der Waals surface area contributed by atoms with E-state index in [1.807, 2.05) is 0 Å². The lowest BCUT2D eigenvalue weighted by Crippen LogP contribution is -2.38. The molecule has 11 heteroatoms. The number of carbonyl (C=O) groups is 2. The van der Waals surface area contributed by atoms with E-state index in [4.69, 9.17) is 4.74 Å². The molecule has 0 unspecified atom stereocenters. The van der Waals surface area contributed by atoms with Gasteiger partial charge in [0.2, 0.25) is 10.0 Å². The molecule has 1 heterocycles. The molecule has 192 valence electrons. The number of amides is 1. The number of ether oxygens (including phenoxy) is 1. The van der Waals surface area contributed by atoms with Crippen LogP contribution in [0.4, 0.5) is 4.39 Å². The van der Waals surface area contributed by atoms with Crippen LogP contribution in [0, 0.1) is 5.82 Å². The number of carbonyl (C=O) groups excluding carboxylic acids is 2. The Balaban J connectivity index is 1.64. The lowest BCUT2D eigenvalue weighted by atomic mass is 9.96. The van der Waals surface area contributed by atoms with Gasteiger partial charge < -0.3 is 9.30 Å². The topological polar surface area (TPSA) is 98.0 Å². The third-order valence-electron chi connectivity index (χ3n) is 6.31. The fourth-order valence-electron chi connectivity index (χ4n) is 4.38. The van der Waals surface area contributed by atoms with E-state index in [1.165, 1.54) is 45.3 Å². The summed E-state index contributed by atoms with van der Waals surface area (Å²) in [5.41, 5.74) is 0.337. The quantitative estimate of drug-likeness (QED) is 0.426. The number of benzene rings is 2. The Bertz CT molecular complexity index is 1440. The molecule has 0 aliphatic heterocycles. The number of para-hydroxylation sites is 1. The first kappa shape index (κ1) is 26.2. The number of hydrogen-bond donors (Lipinski definition) is 0. The summed E-state index contributed by atoms with van der Waals surface area (Å²) < 4.78 is 49.0. The van der Waals surface area contributed by atoms with E-state index in [-0.39, 0.29) is 40.0 Å². The van der Waals surface area contributed by atoms with Gasteiger partial charge in [0, 0.05) is 18.7 Å². The summed E-state index contributed by atoms with van der Waals surface area (Å²) in [5, 5.41) is 0. The zero-order valence-electron chi connectivity index (χ0n) is 20.1. The molecule has 0 radical (unpaired) electrons. The SMILES string of the molecule is CCOC(=O)Cn1c(=NC(=O)c2ccc(S(=O)(=O)N(C)C3CCCCC3)cc2)sc2cccc(F)c21. The first-order valence-electron chi connectivity index (χ1n) is 11.8. The third-order valence-corrected chi connectivity index (χ3v) is 9.28. The zero-order chi connectivity index (χ0) is 25.9. The van der Waals surface area contributed by atoms with E-state index in [1.54, 1.807) is 20.0 Å². The van der Waals surface area contributed by atoms with Crippen molar-refractivity contribution in [3.05, 3.63) is 58.6 Å². The molecule has 0 saturated heterocycles. The van der Waals surface area contributed by atoms with E-state index in [0.717, 1.165) is 43.4 Å². The minimum atomic E-state index is -3.69. The number of fused-ring (bicyclic) bond motifs is 1. The van der Waals surface area contributed by atoms with E-state index in [0.29, 0.717) is 4.70 Å². The molecule has 4 rings (SSSR count). The summed E-state index contributed by atoms with van der Waals surface area (Å²) >= 11 is 1.07. The second kappa shape index (κ2) is 11.0. The van der Waals surface area contributed by atoms with Crippen molar-refractivity contribution in [1.29, 1.82) is 0 Å². The Kier molecular flexibility index (Phi) is 8.01. The van der Waals surface area contributed by atoms with Crippen molar-refractivity contribution in [3.63, 3.8) is 0 Å². The monoisotopic (exact) mass is 533 g/mol. The molecule has 0 N–H and O–H groups in total. The van der Waals surface area contributed by atoms with Crippen LogP contribution in [0.2, 0.25) is 0 Å². The van der Waals surface area contributed by atoms with Crippen LogP contribution in [0.15, 0.2) is 52.4 Å². The van der Waals surface area contributed by atoms with Crippen LogP contribution in [-0.2, 0) is 26.1 Å². The molecule has 3 aromatic rings. The highest BCUT2D eigenvalue weighted by atomic mass is 32.2. The van der Waals surface area contributed by atoms with Gasteiger partial charge in [-0.2, -0.15) is 9.30 Å². The minimum absolute atomic E-state index is 0.0248. The van der Waals surface area contributed by atoms with Gasteiger partial charge in [-0.1, -0.05) is 36.7 Å². The lowest BCUT2D eigenvalue weighted by molar-refractivity contribution is -0.143. The zero-order valence-corrected chi connectivity index (χ0v) is 21.8. The molecule has 36 heavy (non-hydrogen) atoms. The van der Waals surface area contributed by atoms with Crippen LogP contribution in [0.1, 0.15) is 49.4 Å². The second-order valence-corrected chi connectivity index (χ2v) is 11.6. The molecule has 1 aliphatic carbocycles. The minimum Gasteiger partial charge on any atom is -0.465 e. The van der Waals surface area contributed by atoms with Crippen molar-refractivity contribution in [2.24, 2.45) is 4.99 Å². The Morgan fingerprint density at radius 3 is 2.50 bits per heavy atom. The molecule has 2 aromatic carbocycles. The maximum atomic E-state index is 14.6. The number of sulfonamides is 1. The standard InChI is InChI=1S/C25H28FN3O5S2/c1-3-34-22(30)16-29-23-20(26)10-7-11-21(23)35-25(29)27-24(31)17-12-14-19(15-13-17)36(32,33)28(2)18-8-5-4-6-9-18/h7,10-15,18H,3-6,8-9,16H2,1-2H3. The summed E-state index contributed by atoms with van der Waals surface area (Å²) in [5.74, 6) is -1.76. The molecule has 1 aromatic heterocycles. The second-order valence-electron chi connectivity index (χ2n) is 8.62. The van der Waals surface area contributed by atoms with Crippen molar-refractivity contribution in [2.75, 3.05) is 13.7 Å². The van der Waals surface area contributed by atoms with E-state index >= 15 is 0 Å². The number of thiazole rings is 1. The number of nitrogens with zero attached hydrogens (tertiary/aromatic N) is 3. The third kappa shape index (κ3) is 5.42. The lowest BCUT2D eigenvalue weighted by Gasteiger charge is -2.30. The van der Waals surface area contributed by atoms with Gasteiger partial charge in [-0.25, -0.2) is 12.8 Å². The smallest absolute Gasteiger partial charge is 0.326 e. The highest BCUT2D eigenvalue weighted by molar-refractivity contribution is 7.89. The molecular weight excluding hydrogens is 505 g/mol. The summed E-state index contributed by atoms with van der Waals surface area (Å²) in [6, 6.07) is 10.1. The van der Waals surface area contributed by atoms with Crippen LogP contribution in [0.5, 0.6) is 0 Å². The van der Waals surface area contributed by atoms with Gasteiger partial charge in [0.25, 0.3) is 5.91 Å². The van der Waals surface area contributed by atoms with Crippen molar-refractivity contribution in [1.82, 2.24) is 8.87 Å². The average molecular weight is 534 g/mol. The number of aromatic nitrogens is 1. The normalized spacial score (nSPS) is 15.5.